The van der Waals surface area contributed by atoms with E-state index in [-0.39, 0.29) is 23.7 Å². The minimum atomic E-state index is -0.936. The van der Waals surface area contributed by atoms with Crippen LogP contribution in [0.15, 0.2) is 0 Å². The molecule has 0 aliphatic carbocycles. The summed E-state index contributed by atoms with van der Waals surface area (Å²) in [5, 5.41) is 16.6. The van der Waals surface area contributed by atoms with Crippen molar-refractivity contribution in [3.05, 3.63) is 11.6 Å². The number of carbonyl (C=O) groups excluding carboxylic acids is 1. The van der Waals surface area contributed by atoms with Crippen molar-refractivity contribution in [2.45, 2.75) is 52.6 Å². The molecule has 0 saturated heterocycles. The van der Waals surface area contributed by atoms with Crippen LogP contribution in [0.1, 0.15) is 58.0 Å². The number of aromatic nitrogens is 3. The molecule has 0 atom stereocenters. The third-order valence-electron chi connectivity index (χ3n) is 2.63. The van der Waals surface area contributed by atoms with Crippen molar-refractivity contribution in [2.24, 2.45) is 0 Å². The Morgan fingerprint density at radius 2 is 1.89 bits per heavy atom. The van der Waals surface area contributed by atoms with Gasteiger partial charge in [0, 0.05) is 18.5 Å². The van der Waals surface area contributed by atoms with E-state index in [9.17, 15) is 9.90 Å². The Balaban J connectivity index is 2.90. The Kier molecular flexibility index (Phi) is 4.35. The molecule has 0 radical (unpaired) electrons. The third-order valence-corrected chi connectivity index (χ3v) is 2.63. The van der Waals surface area contributed by atoms with Crippen LogP contribution in [-0.2, 0) is 5.41 Å². The molecule has 1 aromatic rings. The summed E-state index contributed by atoms with van der Waals surface area (Å²) in [6, 6.07) is 0. The number of carbonyl (C=O) groups is 1. The molecule has 0 saturated carbocycles. The summed E-state index contributed by atoms with van der Waals surface area (Å²) in [6.45, 7) is 11.9. The summed E-state index contributed by atoms with van der Waals surface area (Å²) in [7, 11) is 0. The van der Waals surface area contributed by atoms with Crippen molar-refractivity contribution >= 4 is 5.91 Å². The van der Waals surface area contributed by atoms with E-state index in [1.807, 2.05) is 27.7 Å². The fraction of sp³-hybridized carbons (Fsp3) is 0.769. The lowest BCUT2D eigenvalue weighted by Gasteiger charge is -2.27. The molecule has 1 aromatic heterocycles. The monoisotopic (exact) mass is 268 g/mol. The molecule has 6 heteroatoms. The molecule has 6 nitrogen and oxygen atoms in total. The number of amides is 1. The maximum atomic E-state index is 12.3. The highest BCUT2D eigenvalue weighted by molar-refractivity contribution is 5.90. The molecule has 1 heterocycles. The second kappa shape index (κ2) is 5.28. The van der Waals surface area contributed by atoms with Crippen LogP contribution in [-0.4, -0.2) is 49.8 Å². The number of likely N-dealkylation sites (N-methyl/N-ethyl adjacent to an activating group) is 1. The predicted molar refractivity (Wildman–Crippen MR) is 73.0 cm³/mol. The number of hydrogen-bond acceptors (Lipinski definition) is 4. The van der Waals surface area contributed by atoms with Gasteiger partial charge in [-0.25, -0.2) is 4.98 Å². The van der Waals surface area contributed by atoms with Crippen molar-refractivity contribution in [3.63, 3.8) is 0 Å². The smallest absolute Gasteiger partial charge is 0.293 e. The first kappa shape index (κ1) is 15.6. The normalized spacial score (nSPS) is 12.6. The van der Waals surface area contributed by atoms with Crippen molar-refractivity contribution in [2.75, 3.05) is 13.1 Å². The summed E-state index contributed by atoms with van der Waals surface area (Å²) in [4.78, 5) is 18.0. The fourth-order valence-corrected chi connectivity index (χ4v) is 1.63. The van der Waals surface area contributed by atoms with Gasteiger partial charge in [0.2, 0.25) is 5.82 Å². The highest BCUT2D eigenvalue weighted by Gasteiger charge is 2.26. The van der Waals surface area contributed by atoms with E-state index in [4.69, 9.17) is 0 Å². The van der Waals surface area contributed by atoms with Crippen molar-refractivity contribution in [1.82, 2.24) is 20.1 Å². The van der Waals surface area contributed by atoms with Gasteiger partial charge in [-0.3, -0.25) is 9.89 Å². The molecule has 0 unspecified atom stereocenters. The average Bonchev–Trinajstić information content (AvgIpc) is 2.72. The molecule has 1 rings (SSSR count). The summed E-state index contributed by atoms with van der Waals surface area (Å²) in [5.74, 6) is 0.558. The van der Waals surface area contributed by atoms with Crippen LogP contribution < -0.4 is 0 Å². The van der Waals surface area contributed by atoms with Gasteiger partial charge in [0.15, 0.2) is 0 Å². The van der Waals surface area contributed by atoms with Gasteiger partial charge >= 0.3 is 0 Å². The number of rotatable bonds is 4. The van der Waals surface area contributed by atoms with Crippen LogP contribution >= 0.6 is 0 Å². The van der Waals surface area contributed by atoms with Crippen LogP contribution in [0.25, 0.3) is 0 Å². The highest BCUT2D eigenvalue weighted by atomic mass is 16.3. The first-order chi connectivity index (χ1) is 8.54. The second-order valence-electron chi connectivity index (χ2n) is 6.39. The zero-order valence-corrected chi connectivity index (χ0v) is 12.6. The largest absolute Gasteiger partial charge is 0.389 e. The minimum Gasteiger partial charge on any atom is -0.389 e. The van der Waals surface area contributed by atoms with E-state index in [1.165, 1.54) is 4.90 Å². The molecule has 0 aliphatic heterocycles. The van der Waals surface area contributed by atoms with Gasteiger partial charge in [-0.15, -0.1) is 5.10 Å². The molecular weight excluding hydrogens is 244 g/mol. The topological polar surface area (TPSA) is 82.1 Å². The lowest BCUT2D eigenvalue weighted by Crippen LogP contribution is -2.42. The van der Waals surface area contributed by atoms with Crippen LogP contribution in [0.5, 0.6) is 0 Å². The molecule has 0 spiro atoms. The molecule has 0 aliphatic rings. The van der Waals surface area contributed by atoms with E-state index in [1.54, 1.807) is 13.8 Å². The van der Waals surface area contributed by atoms with Crippen molar-refractivity contribution in [1.29, 1.82) is 0 Å². The summed E-state index contributed by atoms with van der Waals surface area (Å²) in [5.41, 5.74) is -1.12. The number of aliphatic hydroxyl groups is 1. The Morgan fingerprint density at radius 1 is 1.32 bits per heavy atom. The minimum absolute atomic E-state index is 0.149. The van der Waals surface area contributed by atoms with Gasteiger partial charge < -0.3 is 10.0 Å². The van der Waals surface area contributed by atoms with Crippen LogP contribution in [0.3, 0.4) is 0 Å². The molecule has 19 heavy (non-hydrogen) atoms. The first-order valence-corrected chi connectivity index (χ1v) is 6.49. The Hall–Kier alpha value is -1.43. The summed E-state index contributed by atoms with van der Waals surface area (Å²) in [6.07, 6.45) is 0. The van der Waals surface area contributed by atoms with Crippen LogP contribution in [0, 0.1) is 0 Å². The van der Waals surface area contributed by atoms with Crippen molar-refractivity contribution < 1.29 is 9.90 Å². The molecule has 0 bridgehead atoms. The zero-order chi connectivity index (χ0) is 14.8. The molecule has 2 N–H and O–H groups in total. The number of H-pyrrole nitrogens is 1. The van der Waals surface area contributed by atoms with Gasteiger partial charge in [-0.1, -0.05) is 20.8 Å². The average molecular weight is 268 g/mol. The van der Waals surface area contributed by atoms with Crippen LogP contribution in [0.4, 0.5) is 0 Å². The zero-order valence-electron chi connectivity index (χ0n) is 12.6. The van der Waals surface area contributed by atoms with Gasteiger partial charge in [-0.2, -0.15) is 0 Å². The maximum absolute atomic E-state index is 12.3. The molecular formula is C13H24N4O2. The SMILES string of the molecule is CCN(CC(C)(C)O)C(=O)c1n[nH]c(C(C)(C)C)n1. The fourth-order valence-electron chi connectivity index (χ4n) is 1.63. The number of nitrogens with one attached hydrogen (secondary N) is 1. The summed E-state index contributed by atoms with van der Waals surface area (Å²) < 4.78 is 0. The van der Waals surface area contributed by atoms with Gasteiger partial charge in [0.1, 0.15) is 5.82 Å². The maximum Gasteiger partial charge on any atom is 0.293 e. The van der Waals surface area contributed by atoms with E-state index < -0.39 is 5.60 Å². The van der Waals surface area contributed by atoms with Gasteiger partial charge in [-0.05, 0) is 20.8 Å². The number of hydrogen-bond donors (Lipinski definition) is 2. The molecule has 1 amide bonds. The second-order valence-corrected chi connectivity index (χ2v) is 6.39. The van der Waals surface area contributed by atoms with Crippen LogP contribution in [0.2, 0.25) is 0 Å². The van der Waals surface area contributed by atoms with Gasteiger partial charge in [0.05, 0.1) is 5.60 Å². The lowest BCUT2D eigenvalue weighted by atomic mass is 9.96. The lowest BCUT2D eigenvalue weighted by molar-refractivity contribution is 0.0308. The van der Waals surface area contributed by atoms with E-state index in [2.05, 4.69) is 15.2 Å². The quantitative estimate of drug-likeness (QED) is 0.863. The van der Waals surface area contributed by atoms with Gasteiger partial charge in [0.25, 0.3) is 5.91 Å². The molecule has 0 fully saturated rings. The Labute approximate surface area is 114 Å². The van der Waals surface area contributed by atoms with E-state index >= 15 is 0 Å². The van der Waals surface area contributed by atoms with E-state index in [0.29, 0.717) is 12.4 Å². The summed E-state index contributed by atoms with van der Waals surface area (Å²) >= 11 is 0. The predicted octanol–water partition coefficient (Wildman–Crippen LogP) is 1.34. The Morgan fingerprint density at radius 3 is 2.26 bits per heavy atom. The molecule has 0 aromatic carbocycles. The molecule has 108 valence electrons. The standard InChI is InChI=1S/C13H24N4O2/c1-7-17(8-13(5,6)19)10(18)9-14-11(16-15-9)12(2,3)4/h19H,7-8H2,1-6H3,(H,14,15,16). The van der Waals surface area contributed by atoms with E-state index in [0.717, 1.165) is 0 Å². The first-order valence-electron chi connectivity index (χ1n) is 6.49. The number of nitrogens with zero attached hydrogens (tertiary/aromatic N) is 3. The Bertz CT molecular complexity index is 440. The highest BCUT2D eigenvalue weighted by Crippen LogP contribution is 2.18. The third kappa shape index (κ3) is 4.31. The number of aromatic amines is 1. The van der Waals surface area contributed by atoms with Crippen molar-refractivity contribution in [3.8, 4) is 0 Å².